The minimum absolute atomic E-state index is 0.0428. The number of nitrogens with zero attached hydrogens (tertiary/aromatic N) is 4. The topological polar surface area (TPSA) is 73.9 Å². The molecule has 0 spiro atoms. The Bertz CT molecular complexity index is 771. The fraction of sp³-hybridized carbons (Fsp3) is 0.294. The van der Waals surface area contributed by atoms with Crippen molar-refractivity contribution in [3.05, 3.63) is 54.2 Å². The molecule has 0 aliphatic rings. The van der Waals surface area contributed by atoms with Crippen LogP contribution in [0.25, 0.3) is 11.5 Å². The van der Waals surface area contributed by atoms with E-state index in [0.29, 0.717) is 29.2 Å². The normalized spacial score (nSPS) is 12.3. The molecule has 2 aromatic heterocycles. The molecule has 0 amide bonds. The minimum atomic E-state index is 0.0428. The van der Waals surface area contributed by atoms with Gasteiger partial charge in [0.15, 0.2) is 0 Å². The summed E-state index contributed by atoms with van der Waals surface area (Å²) in [6, 6.07) is 11.8. The fourth-order valence-electron chi connectivity index (χ4n) is 2.51. The first-order valence-corrected chi connectivity index (χ1v) is 7.44. The molecule has 1 aromatic carbocycles. The molecular formula is C17H18N4O2. The molecule has 23 heavy (non-hydrogen) atoms. The van der Waals surface area contributed by atoms with Gasteiger partial charge in [-0.05, 0) is 11.5 Å². The Kier molecular flexibility index (Phi) is 4.32. The smallest absolute Gasteiger partial charge is 0.234 e. The lowest BCUT2D eigenvalue weighted by atomic mass is 9.88. The first-order chi connectivity index (χ1) is 11.2. The lowest BCUT2D eigenvalue weighted by molar-refractivity contribution is 0.341. The lowest BCUT2D eigenvalue weighted by Crippen LogP contribution is -2.09. The monoisotopic (exact) mass is 310 g/mol. The maximum Gasteiger partial charge on any atom is 0.234 e. The second kappa shape index (κ2) is 6.56. The van der Waals surface area contributed by atoms with Crippen molar-refractivity contribution < 1.29 is 9.26 Å². The van der Waals surface area contributed by atoms with E-state index in [9.17, 15) is 0 Å². The van der Waals surface area contributed by atoms with Crippen molar-refractivity contribution in [3.8, 4) is 17.4 Å². The van der Waals surface area contributed by atoms with Gasteiger partial charge in [-0.1, -0.05) is 49.3 Å². The van der Waals surface area contributed by atoms with Gasteiger partial charge in [0.05, 0.1) is 13.0 Å². The number of hydrogen-bond donors (Lipinski definition) is 0. The molecule has 0 saturated heterocycles. The zero-order valence-electron chi connectivity index (χ0n) is 13.3. The molecule has 118 valence electrons. The van der Waals surface area contributed by atoms with Gasteiger partial charge in [-0.2, -0.15) is 4.98 Å². The summed E-state index contributed by atoms with van der Waals surface area (Å²) in [5.74, 6) is 1.85. The summed E-state index contributed by atoms with van der Waals surface area (Å²) in [5.41, 5.74) is 1.72. The van der Waals surface area contributed by atoms with E-state index in [-0.39, 0.29) is 5.92 Å². The number of hydrogen-bond acceptors (Lipinski definition) is 6. The predicted octanol–water partition coefficient (Wildman–Crippen LogP) is 3.32. The van der Waals surface area contributed by atoms with Crippen LogP contribution in [0.3, 0.4) is 0 Å². The minimum Gasteiger partial charge on any atom is -0.481 e. The average Bonchev–Trinajstić information content (AvgIpc) is 3.05. The summed E-state index contributed by atoms with van der Waals surface area (Å²) >= 11 is 0. The molecular weight excluding hydrogens is 292 g/mol. The molecule has 1 atom stereocenters. The van der Waals surface area contributed by atoms with Crippen LogP contribution >= 0.6 is 0 Å². The van der Waals surface area contributed by atoms with Crippen molar-refractivity contribution in [1.29, 1.82) is 0 Å². The molecule has 0 aliphatic heterocycles. The average molecular weight is 310 g/mol. The molecule has 0 N–H and O–H groups in total. The Balaban J connectivity index is 1.96. The number of aromatic nitrogens is 4. The molecule has 6 heteroatoms. The Morgan fingerprint density at radius 2 is 1.87 bits per heavy atom. The summed E-state index contributed by atoms with van der Waals surface area (Å²) in [6.45, 7) is 4.27. The predicted molar refractivity (Wildman–Crippen MR) is 85.0 cm³/mol. The van der Waals surface area contributed by atoms with Crippen molar-refractivity contribution in [1.82, 2.24) is 20.1 Å². The van der Waals surface area contributed by atoms with Crippen molar-refractivity contribution in [2.75, 3.05) is 7.11 Å². The van der Waals surface area contributed by atoms with E-state index in [1.807, 2.05) is 18.2 Å². The third-order valence-electron chi connectivity index (χ3n) is 3.61. The van der Waals surface area contributed by atoms with E-state index in [1.165, 1.54) is 6.33 Å². The molecule has 0 bridgehead atoms. The largest absolute Gasteiger partial charge is 0.481 e. The zero-order valence-corrected chi connectivity index (χ0v) is 13.3. The third-order valence-corrected chi connectivity index (χ3v) is 3.61. The summed E-state index contributed by atoms with van der Waals surface area (Å²) in [5, 5.41) is 4.06. The van der Waals surface area contributed by atoms with Crippen LogP contribution in [0.2, 0.25) is 0 Å². The van der Waals surface area contributed by atoms with Crippen LogP contribution in [0.15, 0.2) is 47.2 Å². The molecule has 1 unspecified atom stereocenters. The van der Waals surface area contributed by atoms with Crippen LogP contribution in [-0.2, 0) is 0 Å². The van der Waals surface area contributed by atoms with Crippen LogP contribution in [0.5, 0.6) is 5.88 Å². The molecule has 0 radical (unpaired) electrons. The Morgan fingerprint density at radius 3 is 2.57 bits per heavy atom. The van der Waals surface area contributed by atoms with Gasteiger partial charge in [0.2, 0.25) is 17.6 Å². The Hall–Kier alpha value is -2.76. The summed E-state index contributed by atoms with van der Waals surface area (Å²) in [4.78, 5) is 12.7. The van der Waals surface area contributed by atoms with Crippen molar-refractivity contribution in [2.24, 2.45) is 5.92 Å². The van der Waals surface area contributed by atoms with Gasteiger partial charge < -0.3 is 9.26 Å². The van der Waals surface area contributed by atoms with Gasteiger partial charge in [0.25, 0.3) is 0 Å². The lowest BCUT2D eigenvalue weighted by Gasteiger charge is -2.16. The van der Waals surface area contributed by atoms with E-state index in [0.717, 1.165) is 5.56 Å². The van der Waals surface area contributed by atoms with Crippen LogP contribution in [0, 0.1) is 5.92 Å². The Morgan fingerprint density at radius 1 is 1.09 bits per heavy atom. The van der Waals surface area contributed by atoms with Gasteiger partial charge in [0.1, 0.15) is 12.0 Å². The highest BCUT2D eigenvalue weighted by molar-refractivity contribution is 5.49. The number of rotatable bonds is 5. The second-order valence-electron chi connectivity index (χ2n) is 5.53. The zero-order chi connectivity index (χ0) is 16.2. The first kappa shape index (κ1) is 15.1. The highest BCUT2D eigenvalue weighted by atomic mass is 16.5. The van der Waals surface area contributed by atoms with E-state index in [2.05, 4.69) is 46.1 Å². The van der Waals surface area contributed by atoms with Crippen LogP contribution in [0.4, 0.5) is 0 Å². The molecule has 0 fully saturated rings. The SMILES string of the molecule is COc1cc(-c2noc(C(c3ccccc3)C(C)C)n2)ncn1. The molecule has 3 rings (SSSR count). The molecule has 3 aromatic rings. The summed E-state index contributed by atoms with van der Waals surface area (Å²) in [7, 11) is 1.55. The van der Waals surface area contributed by atoms with Gasteiger partial charge in [-0.3, -0.25) is 0 Å². The van der Waals surface area contributed by atoms with Gasteiger partial charge in [-0.25, -0.2) is 9.97 Å². The Labute approximate surface area is 134 Å². The standard InChI is InChI=1S/C17H18N4O2/c1-11(2)15(12-7-5-4-6-8-12)17-20-16(21-23-17)13-9-14(22-3)19-10-18-13/h4-11,15H,1-3H3. The third kappa shape index (κ3) is 3.21. The van der Waals surface area contributed by atoms with Crippen LogP contribution < -0.4 is 4.74 Å². The van der Waals surface area contributed by atoms with E-state index in [4.69, 9.17) is 9.26 Å². The van der Waals surface area contributed by atoms with E-state index in [1.54, 1.807) is 13.2 Å². The maximum absolute atomic E-state index is 5.51. The van der Waals surface area contributed by atoms with Gasteiger partial charge >= 0.3 is 0 Å². The van der Waals surface area contributed by atoms with Crippen molar-refractivity contribution in [2.45, 2.75) is 19.8 Å². The van der Waals surface area contributed by atoms with Crippen molar-refractivity contribution in [3.63, 3.8) is 0 Å². The van der Waals surface area contributed by atoms with Gasteiger partial charge in [0, 0.05) is 6.07 Å². The summed E-state index contributed by atoms with van der Waals surface area (Å²) in [6.07, 6.45) is 1.42. The first-order valence-electron chi connectivity index (χ1n) is 7.44. The van der Waals surface area contributed by atoms with Crippen molar-refractivity contribution >= 4 is 0 Å². The van der Waals surface area contributed by atoms with Gasteiger partial charge in [-0.15, -0.1) is 0 Å². The number of ether oxygens (including phenoxy) is 1. The maximum atomic E-state index is 5.51. The van der Waals surface area contributed by atoms with Crippen LogP contribution in [0.1, 0.15) is 31.2 Å². The molecule has 0 saturated carbocycles. The van der Waals surface area contributed by atoms with E-state index < -0.39 is 0 Å². The highest BCUT2D eigenvalue weighted by Gasteiger charge is 2.25. The number of benzene rings is 1. The quantitative estimate of drug-likeness (QED) is 0.719. The van der Waals surface area contributed by atoms with Crippen LogP contribution in [-0.4, -0.2) is 27.2 Å². The molecule has 2 heterocycles. The molecule has 0 aliphatic carbocycles. The highest BCUT2D eigenvalue weighted by Crippen LogP contribution is 2.31. The van der Waals surface area contributed by atoms with E-state index >= 15 is 0 Å². The fourth-order valence-corrected chi connectivity index (χ4v) is 2.51. The molecule has 6 nitrogen and oxygen atoms in total. The number of methoxy groups -OCH3 is 1. The second-order valence-corrected chi connectivity index (χ2v) is 5.53. The summed E-state index contributed by atoms with van der Waals surface area (Å²) < 4.78 is 10.6.